The van der Waals surface area contributed by atoms with E-state index in [2.05, 4.69) is 30.7 Å². The molecule has 10 nitrogen and oxygen atoms in total. The quantitative estimate of drug-likeness (QED) is 0.657. The first-order chi connectivity index (χ1) is 14.7. The minimum atomic E-state index is 0.404. The molecule has 3 aromatic rings. The third-order valence-corrected chi connectivity index (χ3v) is 6.15. The van der Waals surface area contributed by atoms with Gasteiger partial charge in [0.25, 0.3) is 0 Å². The fourth-order valence-electron chi connectivity index (χ4n) is 4.57. The number of rotatable bonds is 5. The Morgan fingerprint density at radius 3 is 2.53 bits per heavy atom. The fourth-order valence-corrected chi connectivity index (χ4v) is 4.57. The second-order valence-corrected chi connectivity index (χ2v) is 8.22. The van der Waals surface area contributed by atoms with E-state index in [9.17, 15) is 0 Å². The van der Waals surface area contributed by atoms with E-state index in [1.54, 1.807) is 17.1 Å². The van der Waals surface area contributed by atoms with E-state index >= 15 is 0 Å². The van der Waals surface area contributed by atoms with Gasteiger partial charge in [0.05, 0.1) is 31.3 Å². The van der Waals surface area contributed by atoms with Crippen molar-refractivity contribution in [1.29, 1.82) is 0 Å². The highest BCUT2D eigenvalue weighted by Gasteiger charge is 2.27. The molecule has 160 valence electrons. The van der Waals surface area contributed by atoms with Crippen molar-refractivity contribution in [3.8, 4) is 0 Å². The van der Waals surface area contributed by atoms with Gasteiger partial charge in [0.15, 0.2) is 5.82 Å². The highest BCUT2D eigenvalue weighted by Crippen LogP contribution is 2.29. The van der Waals surface area contributed by atoms with Crippen LogP contribution in [0.1, 0.15) is 25.7 Å². The van der Waals surface area contributed by atoms with Crippen LogP contribution in [0.3, 0.4) is 0 Å². The molecule has 0 atom stereocenters. The van der Waals surface area contributed by atoms with Crippen LogP contribution in [0.5, 0.6) is 0 Å². The molecule has 5 rings (SSSR count). The summed E-state index contributed by atoms with van der Waals surface area (Å²) < 4.78 is 9.09. The normalized spacial score (nSPS) is 23.0. The summed E-state index contributed by atoms with van der Waals surface area (Å²) >= 11 is 0. The first-order valence-corrected chi connectivity index (χ1v) is 10.7. The fraction of sp³-hybridized carbons (Fsp3) is 0.600. The SMILES string of the molecule is Cn1cc(Nc2nc(NC3CCC(N4CCOCC4)CC3)c3c(cnn3C)n2)cn1. The third kappa shape index (κ3) is 3.97. The molecule has 2 fully saturated rings. The Labute approximate surface area is 175 Å². The molecule has 1 aliphatic carbocycles. The van der Waals surface area contributed by atoms with Crippen LogP contribution in [0.25, 0.3) is 11.0 Å². The van der Waals surface area contributed by atoms with Gasteiger partial charge in [-0.2, -0.15) is 15.2 Å². The zero-order chi connectivity index (χ0) is 20.5. The van der Waals surface area contributed by atoms with Crippen LogP contribution in [0.15, 0.2) is 18.6 Å². The number of anilines is 3. The molecular formula is C20H29N9O. The lowest BCUT2D eigenvalue weighted by Gasteiger charge is -2.39. The average molecular weight is 412 g/mol. The summed E-state index contributed by atoms with van der Waals surface area (Å²) in [6, 6.07) is 1.08. The predicted octanol–water partition coefficient (Wildman–Crippen LogP) is 1.90. The summed E-state index contributed by atoms with van der Waals surface area (Å²) in [5, 5.41) is 15.5. The zero-order valence-corrected chi connectivity index (χ0v) is 17.6. The number of ether oxygens (including phenoxy) is 1. The number of nitrogens with zero attached hydrogens (tertiary/aromatic N) is 7. The number of morpholine rings is 1. The van der Waals surface area contributed by atoms with E-state index < -0.39 is 0 Å². The van der Waals surface area contributed by atoms with Gasteiger partial charge in [-0.1, -0.05) is 0 Å². The van der Waals surface area contributed by atoms with E-state index in [1.165, 1.54) is 12.8 Å². The van der Waals surface area contributed by atoms with Gasteiger partial charge in [0.1, 0.15) is 11.0 Å². The van der Waals surface area contributed by atoms with Gasteiger partial charge in [-0.3, -0.25) is 14.3 Å². The van der Waals surface area contributed by atoms with Crippen LogP contribution < -0.4 is 10.6 Å². The Balaban J connectivity index is 1.31. The minimum absolute atomic E-state index is 0.404. The lowest BCUT2D eigenvalue weighted by molar-refractivity contribution is 0.00791. The molecule has 0 amide bonds. The summed E-state index contributed by atoms with van der Waals surface area (Å²) in [5.41, 5.74) is 2.61. The molecule has 2 N–H and O–H groups in total. The lowest BCUT2D eigenvalue weighted by Crippen LogP contribution is -2.46. The Kier molecular flexibility index (Phi) is 5.26. The molecule has 30 heavy (non-hydrogen) atoms. The Bertz CT molecular complexity index is 999. The minimum Gasteiger partial charge on any atom is -0.379 e. The van der Waals surface area contributed by atoms with Crippen LogP contribution in [-0.2, 0) is 18.8 Å². The lowest BCUT2D eigenvalue weighted by atomic mass is 9.90. The van der Waals surface area contributed by atoms with Crippen molar-refractivity contribution in [2.24, 2.45) is 14.1 Å². The maximum absolute atomic E-state index is 5.50. The van der Waals surface area contributed by atoms with E-state index in [0.29, 0.717) is 18.0 Å². The average Bonchev–Trinajstić information content (AvgIpc) is 3.34. The number of fused-ring (bicyclic) bond motifs is 1. The van der Waals surface area contributed by atoms with Crippen LogP contribution in [0, 0.1) is 0 Å². The van der Waals surface area contributed by atoms with Gasteiger partial charge in [-0.05, 0) is 25.7 Å². The van der Waals surface area contributed by atoms with E-state index in [1.807, 2.05) is 25.0 Å². The van der Waals surface area contributed by atoms with Crippen LogP contribution in [-0.4, -0.2) is 72.8 Å². The first-order valence-electron chi connectivity index (χ1n) is 10.7. The van der Waals surface area contributed by atoms with Crippen LogP contribution in [0.2, 0.25) is 0 Å². The maximum Gasteiger partial charge on any atom is 0.230 e. The molecule has 0 unspecified atom stereocenters. The summed E-state index contributed by atoms with van der Waals surface area (Å²) in [5.74, 6) is 1.38. The predicted molar refractivity (Wildman–Crippen MR) is 115 cm³/mol. The molecule has 3 aromatic heterocycles. The largest absolute Gasteiger partial charge is 0.379 e. The zero-order valence-electron chi connectivity index (χ0n) is 17.6. The molecule has 1 aliphatic heterocycles. The molecule has 0 aromatic carbocycles. The van der Waals surface area contributed by atoms with Crippen molar-refractivity contribution in [3.63, 3.8) is 0 Å². The van der Waals surface area contributed by atoms with Crippen LogP contribution in [0.4, 0.5) is 17.5 Å². The van der Waals surface area contributed by atoms with Crippen molar-refractivity contribution < 1.29 is 4.74 Å². The summed E-state index contributed by atoms with van der Waals surface area (Å²) in [6.45, 7) is 3.86. The molecule has 4 heterocycles. The standard InChI is InChI=1S/C20H29N9O/c1-27-13-15(11-21-27)24-20-25-17-12-22-28(2)18(17)19(26-20)23-14-3-5-16(6-4-14)29-7-9-30-10-8-29/h11-14,16H,3-10H2,1-2H3,(H2,23,24,25,26). The molecule has 0 spiro atoms. The van der Waals surface area contributed by atoms with Gasteiger partial charge >= 0.3 is 0 Å². The second kappa shape index (κ2) is 8.19. The maximum atomic E-state index is 5.50. The van der Waals surface area contributed by atoms with Gasteiger partial charge in [0, 0.05) is 45.5 Å². The second-order valence-electron chi connectivity index (χ2n) is 8.22. The number of nitrogens with one attached hydrogen (secondary N) is 2. The van der Waals surface area contributed by atoms with Crippen molar-refractivity contribution in [2.75, 3.05) is 36.9 Å². The summed E-state index contributed by atoms with van der Waals surface area (Å²) in [7, 11) is 3.82. The molecule has 0 bridgehead atoms. The molecule has 1 saturated heterocycles. The molecule has 10 heteroatoms. The Morgan fingerprint density at radius 1 is 1.00 bits per heavy atom. The molecule has 1 saturated carbocycles. The smallest absolute Gasteiger partial charge is 0.230 e. The number of hydrogen-bond acceptors (Lipinski definition) is 8. The highest BCUT2D eigenvalue weighted by atomic mass is 16.5. The topological polar surface area (TPSA) is 98.0 Å². The van der Waals surface area contributed by atoms with Crippen molar-refractivity contribution in [3.05, 3.63) is 18.6 Å². The number of aryl methyl sites for hydroxylation is 2. The van der Waals surface area contributed by atoms with Gasteiger partial charge < -0.3 is 15.4 Å². The monoisotopic (exact) mass is 411 g/mol. The molecule has 0 radical (unpaired) electrons. The van der Waals surface area contributed by atoms with Crippen LogP contribution >= 0.6 is 0 Å². The van der Waals surface area contributed by atoms with Crippen molar-refractivity contribution >= 4 is 28.5 Å². The Morgan fingerprint density at radius 2 is 1.80 bits per heavy atom. The summed E-state index contributed by atoms with van der Waals surface area (Å²) in [6.07, 6.45) is 10.1. The molecule has 2 aliphatic rings. The van der Waals surface area contributed by atoms with Gasteiger partial charge in [-0.15, -0.1) is 0 Å². The Hall–Kier alpha value is -2.72. The molecular weight excluding hydrogens is 382 g/mol. The van der Waals surface area contributed by atoms with Crippen molar-refractivity contribution in [2.45, 2.75) is 37.8 Å². The number of aromatic nitrogens is 6. The van der Waals surface area contributed by atoms with E-state index in [-0.39, 0.29) is 0 Å². The van der Waals surface area contributed by atoms with Gasteiger partial charge in [-0.25, -0.2) is 4.98 Å². The summed E-state index contributed by atoms with van der Waals surface area (Å²) in [4.78, 5) is 12.0. The van der Waals surface area contributed by atoms with E-state index in [4.69, 9.17) is 9.72 Å². The van der Waals surface area contributed by atoms with Crippen molar-refractivity contribution in [1.82, 2.24) is 34.4 Å². The third-order valence-electron chi connectivity index (χ3n) is 6.15. The highest BCUT2D eigenvalue weighted by molar-refractivity contribution is 5.87. The van der Waals surface area contributed by atoms with E-state index in [0.717, 1.165) is 61.7 Å². The number of hydrogen-bond donors (Lipinski definition) is 2. The first kappa shape index (κ1) is 19.3. The van der Waals surface area contributed by atoms with Gasteiger partial charge in [0.2, 0.25) is 5.95 Å².